The van der Waals surface area contributed by atoms with Gasteiger partial charge < -0.3 is 5.32 Å². The van der Waals surface area contributed by atoms with Crippen LogP contribution < -0.4 is 5.32 Å². The summed E-state index contributed by atoms with van der Waals surface area (Å²) >= 11 is 1.49. The van der Waals surface area contributed by atoms with Crippen molar-refractivity contribution in [3.05, 3.63) is 46.2 Å². The molecule has 2 rings (SSSR count). The van der Waals surface area contributed by atoms with E-state index in [1.54, 1.807) is 0 Å². The highest BCUT2D eigenvalue weighted by atomic mass is 32.1. The number of rotatable bonds is 3. The Hall–Kier alpha value is -1.61. The molecule has 3 heteroatoms. The van der Waals surface area contributed by atoms with Gasteiger partial charge >= 0.3 is 0 Å². The molecule has 94 valence electrons. The number of nitrogens with one attached hydrogen (secondary N) is 1. The molecule has 0 fully saturated rings. The van der Waals surface area contributed by atoms with Crippen LogP contribution in [0.5, 0.6) is 0 Å². The molecular formula is C15H17NOS. The van der Waals surface area contributed by atoms with Gasteiger partial charge in [0.15, 0.2) is 0 Å². The van der Waals surface area contributed by atoms with Crippen LogP contribution in [0, 0.1) is 6.92 Å². The SMILES string of the molecule is Cc1ccc(-c2ccsc2C(=O)NC(C)C)cc1. The van der Waals surface area contributed by atoms with Crippen molar-refractivity contribution in [3.8, 4) is 11.1 Å². The molecule has 1 aromatic heterocycles. The van der Waals surface area contributed by atoms with Gasteiger partial charge in [-0.1, -0.05) is 29.8 Å². The van der Waals surface area contributed by atoms with E-state index < -0.39 is 0 Å². The maximum absolute atomic E-state index is 12.1. The molecule has 0 aliphatic carbocycles. The van der Waals surface area contributed by atoms with Crippen molar-refractivity contribution >= 4 is 17.2 Å². The van der Waals surface area contributed by atoms with Crippen molar-refractivity contribution < 1.29 is 4.79 Å². The molecule has 1 heterocycles. The normalized spacial score (nSPS) is 10.7. The molecule has 2 nitrogen and oxygen atoms in total. The number of thiophene rings is 1. The lowest BCUT2D eigenvalue weighted by atomic mass is 10.0. The summed E-state index contributed by atoms with van der Waals surface area (Å²) in [6.45, 7) is 6.00. The average Bonchev–Trinajstić information content (AvgIpc) is 2.78. The minimum absolute atomic E-state index is 0.00979. The maximum Gasteiger partial charge on any atom is 0.262 e. The van der Waals surface area contributed by atoms with Crippen LogP contribution in [0.1, 0.15) is 29.1 Å². The first-order valence-corrected chi connectivity index (χ1v) is 6.91. The Morgan fingerprint density at radius 3 is 2.44 bits per heavy atom. The van der Waals surface area contributed by atoms with Crippen molar-refractivity contribution in [1.29, 1.82) is 0 Å². The molecule has 0 spiro atoms. The van der Waals surface area contributed by atoms with Gasteiger partial charge in [0, 0.05) is 11.6 Å². The third-order valence-corrected chi connectivity index (χ3v) is 3.57. The summed E-state index contributed by atoms with van der Waals surface area (Å²) in [7, 11) is 0. The van der Waals surface area contributed by atoms with Crippen LogP contribution in [0.3, 0.4) is 0 Å². The summed E-state index contributed by atoms with van der Waals surface area (Å²) in [6, 6.07) is 10.4. The Morgan fingerprint density at radius 2 is 1.83 bits per heavy atom. The number of aryl methyl sites for hydroxylation is 1. The van der Waals surface area contributed by atoms with Gasteiger partial charge in [0.1, 0.15) is 0 Å². The average molecular weight is 259 g/mol. The number of amides is 1. The Balaban J connectivity index is 2.33. The van der Waals surface area contributed by atoms with E-state index in [-0.39, 0.29) is 11.9 Å². The molecule has 0 atom stereocenters. The van der Waals surface area contributed by atoms with Crippen LogP contribution in [-0.2, 0) is 0 Å². The van der Waals surface area contributed by atoms with Gasteiger partial charge in [-0.3, -0.25) is 4.79 Å². The van der Waals surface area contributed by atoms with E-state index in [9.17, 15) is 4.79 Å². The van der Waals surface area contributed by atoms with Crippen LogP contribution in [0.15, 0.2) is 35.7 Å². The first-order valence-electron chi connectivity index (χ1n) is 6.03. The summed E-state index contributed by atoms with van der Waals surface area (Å²) in [5.41, 5.74) is 3.33. The molecule has 1 amide bonds. The fourth-order valence-corrected chi connectivity index (χ4v) is 2.59. The Labute approximate surface area is 112 Å². The molecule has 2 aromatic rings. The van der Waals surface area contributed by atoms with Crippen LogP contribution in [-0.4, -0.2) is 11.9 Å². The molecule has 0 unspecified atom stereocenters. The summed E-state index contributed by atoms with van der Waals surface area (Å²) in [4.78, 5) is 12.9. The smallest absolute Gasteiger partial charge is 0.262 e. The van der Waals surface area contributed by atoms with Gasteiger partial charge in [0.2, 0.25) is 0 Å². The lowest BCUT2D eigenvalue weighted by Crippen LogP contribution is -2.29. The van der Waals surface area contributed by atoms with Gasteiger partial charge in [0.05, 0.1) is 4.88 Å². The predicted molar refractivity (Wildman–Crippen MR) is 77.1 cm³/mol. The quantitative estimate of drug-likeness (QED) is 0.891. The standard InChI is InChI=1S/C15H17NOS/c1-10(2)16-15(17)14-13(8-9-18-14)12-6-4-11(3)5-7-12/h4-10H,1-3H3,(H,16,17). The molecular weight excluding hydrogens is 242 g/mol. The Kier molecular flexibility index (Phi) is 3.82. The van der Waals surface area contributed by atoms with Crippen molar-refractivity contribution in [2.24, 2.45) is 0 Å². The number of hydrogen-bond acceptors (Lipinski definition) is 2. The minimum Gasteiger partial charge on any atom is -0.349 e. The summed E-state index contributed by atoms with van der Waals surface area (Å²) in [5.74, 6) is 0.00979. The fraction of sp³-hybridized carbons (Fsp3) is 0.267. The van der Waals surface area contributed by atoms with E-state index >= 15 is 0 Å². The minimum atomic E-state index is 0.00979. The number of carbonyl (C=O) groups is 1. The van der Waals surface area contributed by atoms with E-state index in [4.69, 9.17) is 0 Å². The molecule has 0 saturated carbocycles. The summed E-state index contributed by atoms with van der Waals surface area (Å²) < 4.78 is 0. The molecule has 0 aliphatic heterocycles. The second-order valence-electron chi connectivity index (χ2n) is 4.66. The van der Waals surface area contributed by atoms with E-state index in [1.165, 1.54) is 16.9 Å². The Bertz CT molecular complexity index is 540. The molecule has 0 radical (unpaired) electrons. The van der Waals surface area contributed by atoms with Crippen molar-refractivity contribution in [3.63, 3.8) is 0 Å². The predicted octanol–water partition coefficient (Wildman–Crippen LogP) is 3.86. The van der Waals surface area contributed by atoms with Gasteiger partial charge in [-0.2, -0.15) is 0 Å². The van der Waals surface area contributed by atoms with Crippen LogP contribution >= 0.6 is 11.3 Å². The third-order valence-electron chi connectivity index (χ3n) is 2.65. The van der Waals surface area contributed by atoms with E-state index in [0.717, 1.165) is 16.0 Å². The van der Waals surface area contributed by atoms with Crippen LogP contribution in [0.25, 0.3) is 11.1 Å². The van der Waals surface area contributed by atoms with Crippen LogP contribution in [0.4, 0.5) is 0 Å². The zero-order chi connectivity index (χ0) is 13.1. The molecule has 0 aliphatic rings. The van der Waals surface area contributed by atoms with Crippen molar-refractivity contribution in [2.45, 2.75) is 26.8 Å². The van der Waals surface area contributed by atoms with Gasteiger partial charge in [-0.15, -0.1) is 11.3 Å². The zero-order valence-electron chi connectivity index (χ0n) is 10.9. The maximum atomic E-state index is 12.1. The molecule has 0 saturated heterocycles. The van der Waals surface area contributed by atoms with E-state index in [1.807, 2.05) is 25.3 Å². The topological polar surface area (TPSA) is 29.1 Å². The number of benzene rings is 1. The highest BCUT2D eigenvalue weighted by Crippen LogP contribution is 2.28. The fourth-order valence-electron chi connectivity index (χ4n) is 1.77. The van der Waals surface area contributed by atoms with Crippen LogP contribution in [0.2, 0.25) is 0 Å². The van der Waals surface area contributed by atoms with Crippen molar-refractivity contribution in [1.82, 2.24) is 5.32 Å². The number of carbonyl (C=O) groups excluding carboxylic acids is 1. The molecule has 18 heavy (non-hydrogen) atoms. The van der Waals surface area contributed by atoms with Gasteiger partial charge in [-0.05, 0) is 37.8 Å². The zero-order valence-corrected chi connectivity index (χ0v) is 11.7. The second-order valence-corrected chi connectivity index (χ2v) is 5.57. The summed E-state index contributed by atoms with van der Waals surface area (Å²) in [5, 5.41) is 4.90. The largest absolute Gasteiger partial charge is 0.349 e. The number of hydrogen-bond donors (Lipinski definition) is 1. The molecule has 1 aromatic carbocycles. The summed E-state index contributed by atoms with van der Waals surface area (Å²) in [6.07, 6.45) is 0. The molecule has 1 N–H and O–H groups in total. The lowest BCUT2D eigenvalue weighted by molar-refractivity contribution is 0.0948. The van der Waals surface area contributed by atoms with Gasteiger partial charge in [0.25, 0.3) is 5.91 Å². The van der Waals surface area contributed by atoms with E-state index in [0.29, 0.717) is 0 Å². The van der Waals surface area contributed by atoms with Gasteiger partial charge in [-0.25, -0.2) is 0 Å². The first kappa shape index (κ1) is 12.8. The monoisotopic (exact) mass is 259 g/mol. The highest BCUT2D eigenvalue weighted by molar-refractivity contribution is 7.12. The second kappa shape index (κ2) is 5.36. The van der Waals surface area contributed by atoms with Crippen molar-refractivity contribution in [2.75, 3.05) is 0 Å². The molecule has 0 bridgehead atoms. The Morgan fingerprint density at radius 1 is 1.17 bits per heavy atom. The first-order chi connectivity index (χ1) is 8.58. The highest BCUT2D eigenvalue weighted by Gasteiger charge is 2.14. The third kappa shape index (κ3) is 2.79. The van der Waals surface area contributed by atoms with E-state index in [2.05, 4.69) is 36.5 Å². The lowest BCUT2D eigenvalue weighted by Gasteiger charge is -2.09.